The number of hydrogen-bond acceptors (Lipinski definition) is 3. The summed E-state index contributed by atoms with van der Waals surface area (Å²) in [6, 6.07) is 7.82. The van der Waals surface area contributed by atoms with Crippen molar-refractivity contribution in [2.75, 3.05) is 0 Å². The minimum atomic E-state index is -0.578. The maximum Gasteiger partial charge on any atom is 0.275 e. The molecule has 106 valence electrons. The Labute approximate surface area is 115 Å². The average molecular weight is 264 g/mol. The van der Waals surface area contributed by atoms with Crippen LogP contribution in [0.25, 0.3) is 0 Å². The second-order valence-electron chi connectivity index (χ2n) is 6.07. The van der Waals surface area contributed by atoms with Gasteiger partial charge in [0.2, 0.25) is 0 Å². The zero-order chi connectivity index (χ0) is 14.6. The van der Waals surface area contributed by atoms with E-state index in [9.17, 15) is 4.79 Å². The van der Waals surface area contributed by atoms with Crippen molar-refractivity contribution in [2.24, 2.45) is 11.8 Å². The van der Waals surface area contributed by atoms with E-state index in [1.165, 1.54) is 5.56 Å². The number of carbonyl (C=O) groups excluding carboxylic acids is 1. The van der Waals surface area contributed by atoms with Crippen LogP contribution in [0.5, 0.6) is 5.75 Å². The van der Waals surface area contributed by atoms with Gasteiger partial charge < -0.3 is 4.74 Å². The highest BCUT2D eigenvalue weighted by Crippen LogP contribution is 2.25. The molecule has 3 N–H and O–H groups in total. The highest BCUT2D eigenvalue weighted by molar-refractivity contribution is 5.80. The quantitative estimate of drug-likeness (QED) is 0.498. The maximum absolute atomic E-state index is 11.6. The van der Waals surface area contributed by atoms with Gasteiger partial charge in [0.05, 0.1) is 0 Å². The fourth-order valence-corrected chi connectivity index (χ4v) is 1.75. The summed E-state index contributed by atoms with van der Waals surface area (Å²) in [6.07, 6.45) is -0.578. The van der Waals surface area contributed by atoms with E-state index < -0.39 is 6.10 Å². The Bertz CT molecular complexity index is 419. The number of nitrogens with one attached hydrogen (secondary N) is 1. The Morgan fingerprint density at radius 1 is 1.21 bits per heavy atom. The number of rotatable bonds is 4. The Morgan fingerprint density at radius 3 is 2.11 bits per heavy atom. The summed E-state index contributed by atoms with van der Waals surface area (Å²) in [6.45, 7) is 10.3. The first-order valence-corrected chi connectivity index (χ1v) is 6.53. The molecule has 0 aliphatic heterocycles. The summed E-state index contributed by atoms with van der Waals surface area (Å²) in [4.78, 5) is 11.6. The number of hydrogen-bond donors (Lipinski definition) is 2. The van der Waals surface area contributed by atoms with Crippen LogP contribution in [0.1, 0.15) is 40.2 Å². The normalized spacial score (nSPS) is 13.2. The zero-order valence-electron chi connectivity index (χ0n) is 12.4. The van der Waals surface area contributed by atoms with Gasteiger partial charge in [0.1, 0.15) is 5.75 Å². The number of nitrogens with two attached hydrogens (primary N) is 1. The first-order valence-electron chi connectivity index (χ1n) is 6.53. The van der Waals surface area contributed by atoms with Gasteiger partial charge in [0, 0.05) is 0 Å². The number of benzene rings is 1. The van der Waals surface area contributed by atoms with E-state index >= 15 is 0 Å². The third-order valence-corrected chi connectivity index (χ3v) is 2.99. The SMILES string of the molecule is CC(C)C(Oc1ccc(C(C)(C)C)cc1)C(=O)NN. The number of amides is 1. The van der Waals surface area contributed by atoms with Gasteiger partial charge in [-0.25, -0.2) is 5.84 Å². The van der Waals surface area contributed by atoms with Crippen LogP contribution < -0.4 is 16.0 Å². The molecule has 0 aromatic heterocycles. The highest BCUT2D eigenvalue weighted by Gasteiger charge is 2.23. The maximum atomic E-state index is 11.6. The number of ether oxygens (including phenoxy) is 1. The molecular formula is C15H24N2O2. The van der Waals surface area contributed by atoms with Crippen LogP contribution in [0.2, 0.25) is 0 Å². The number of carbonyl (C=O) groups is 1. The van der Waals surface area contributed by atoms with Gasteiger partial charge in [-0.3, -0.25) is 10.2 Å². The molecule has 0 spiro atoms. The lowest BCUT2D eigenvalue weighted by atomic mass is 9.87. The predicted octanol–water partition coefficient (Wildman–Crippen LogP) is 2.38. The van der Waals surface area contributed by atoms with Crippen LogP contribution in [0.3, 0.4) is 0 Å². The van der Waals surface area contributed by atoms with E-state index in [0.717, 1.165) is 0 Å². The van der Waals surface area contributed by atoms with Crippen LogP contribution >= 0.6 is 0 Å². The van der Waals surface area contributed by atoms with E-state index in [4.69, 9.17) is 10.6 Å². The van der Waals surface area contributed by atoms with Crippen molar-refractivity contribution < 1.29 is 9.53 Å². The van der Waals surface area contributed by atoms with Gasteiger partial charge in [-0.15, -0.1) is 0 Å². The molecule has 0 saturated carbocycles. The lowest BCUT2D eigenvalue weighted by Gasteiger charge is -2.22. The van der Waals surface area contributed by atoms with E-state index in [1.54, 1.807) is 0 Å². The molecular weight excluding hydrogens is 240 g/mol. The average Bonchev–Trinajstić information content (AvgIpc) is 2.34. The van der Waals surface area contributed by atoms with E-state index in [1.807, 2.05) is 38.1 Å². The van der Waals surface area contributed by atoms with Gasteiger partial charge in [-0.05, 0) is 29.0 Å². The van der Waals surface area contributed by atoms with Gasteiger partial charge >= 0.3 is 0 Å². The molecule has 0 aliphatic rings. The summed E-state index contributed by atoms with van der Waals surface area (Å²) >= 11 is 0. The fourth-order valence-electron chi connectivity index (χ4n) is 1.75. The largest absolute Gasteiger partial charge is 0.480 e. The second-order valence-corrected chi connectivity index (χ2v) is 6.07. The molecule has 0 fully saturated rings. The molecule has 1 atom stereocenters. The summed E-state index contributed by atoms with van der Waals surface area (Å²) in [7, 11) is 0. The zero-order valence-corrected chi connectivity index (χ0v) is 12.4. The van der Waals surface area contributed by atoms with Gasteiger partial charge in [0.15, 0.2) is 6.10 Å². The summed E-state index contributed by atoms with van der Waals surface area (Å²) < 4.78 is 5.70. The Balaban J connectivity index is 2.84. The topological polar surface area (TPSA) is 64.3 Å². The van der Waals surface area contributed by atoms with Crippen molar-refractivity contribution >= 4 is 5.91 Å². The monoisotopic (exact) mass is 264 g/mol. The Kier molecular flexibility index (Phi) is 4.95. The molecule has 1 aromatic rings. The highest BCUT2D eigenvalue weighted by atomic mass is 16.5. The van der Waals surface area contributed by atoms with Crippen LogP contribution in [0.4, 0.5) is 0 Å². The molecule has 0 radical (unpaired) electrons. The lowest BCUT2D eigenvalue weighted by molar-refractivity contribution is -0.129. The van der Waals surface area contributed by atoms with Crippen LogP contribution in [0, 0.1) is 5.92 Å². The molecule has 1 unspecified atom stereocenters. The fraction of sp³-hybridized carbons (Fsp3) is 0.533. The summed E-state index contributed by atoms with van der Waals surface area (Å²) in [5.74, 6) is 5.58. The molecule has 4 heteroatoms. The number of hydrazine groups is 1. The molecule has 0 bridgehead atoms. The van der Waals surface area contributed by atoms with Crippen LogP contribution in [-0.2, 0) is 10.2 Å². The lowest BCUT2D eigenvalue weighted by Crippen LogP contribution is -2.44. The van der Waals surface area contributed by atoms with Crippen LogP contribution in [-0.4, -0.2) is 12.0 Å². The van der Waals surface area contributed by atoms with Crippen molar-refractivity contribution in [2.45, 2.75) is 46.1 Å². The first-order chi connectivity index (χ1) is 8.75. The molecule has 0 heterocycles. The minimum absolute atomic E-state index is 0.0471. The van der Waals surface area contributed by atoms with Crippen molar-refractivity contribution in [3.05, 3.63) is 29.8 Å². The summed E-state index contributed by atoms with van der Waals surface area (Å²) in [5, 5.41) is 0. The molecule has 1 amide bonds. The van der Waals surface area contributed by atoms with E-state index in [2.05, 4.69) is 26.2 Å². The van der Waals surface area contributed by atoms with E-state index in [-0.39, 0.29) is 17.2 Å². The smallest absolute Gasteiger partial charge is 0.275 e. The van der Waals surface area contributed by atoms with Crippen LogP contribution in [0.15, 0.2) is 24.3 Å². The molecule has 0 saturated heterocycles. The third kappa shape index (κ3) is 4.24. The second kappa shape index (κ2) is 6.06. The molecule has 4 nitrogen and oxygen atoms in total. The standard InChI is InChI=1S/C15H24N2O2/c1-10(2)13(14(18)17-16)19-12-8-6-11(7-9-12)15(3,4)5/h6-10,13H,16H2,1-5H3,(H,17,18). The van der Waals surface area contributed by atoms with Crippen molar-refractivity contribution in [3.8, 4) is 5.75 Å². The van der Waals surface area contributed by atoms with Crippen molar-refractivity contribution in [3.63, 3.8) is 0 Å². The van der Waals surface area contributed by atoms with Gasteiger partial charge in [-0.1, -0.05) is 46.8 Å². The van der Waals surface area contributed by atoms with Gasteiger partial charge in [0.25, 0.3) is 5.91 Å². The van der Waals surface area contributed by atoms with Crippen molar-refractivity contribution in [1.82, 2.24) is 5.43 Å². The Hall–Kier alpha value is -1.55. The summed E-state index contributed by atoms with van der Waals surface area (Å²) in [5.41, 5.74) is 3.47. The first kappa shape index (κ1) is 15.5. The molecule has 0 aliphatic carbocycles. The predicted molar refractivity (Wildman–Crippen MR) is 76.7 cm³/mol. The molecule has 19 heavy (non-hydrogen) atoms. The van der Waals surface area contributed by atoms with E-state index in [0.29, 0.717) is 5.75 Å². The Morgan fingerprint density at radius 2 is 1.74 bits per heavy atom. The molecule has 1 rings (SSSR count). The van der Waals surface area contributed by atoms with Gasteiger partial charge in [-0.2, -0.15) is 0 Å². The third-order valence-electron chi connectivity index (χ3n) is 2.99. The minimum Gasteiger partial charge on any atom is -0.480 e. The van der Waals surface area contributed by atoms with Crippen molar-refractivity contribution in [1.29, 1.82) is 0 Å². The molecule has 1 aromatic carbocycles.